The van der Waals surface area contributed by atoms with E-state index in [4.69, 9.17) is 5.73 Å². The molecule has 0 radical (unpaired) electrons. The van der Waals surface area contributed by atoms with Crippen molar-refractivity contribution in [3.8, 4) is 11.1 Å². The fourth-order valence-electron chi connectivity index (χ4n) is 2.01. The second kappa shape index (κ2) is 6.41. The van der Waals surface area contributed by atoms with Crippen LogP contribution in [0.1, 0.15) is 11.1 Å². The second-order valence-corrected chi connectivity index (χ2v) is 5.79. The quantitative estimate of drug-likeness (QED) is 0.562. The highest BCUT2D eigenvalue weighted by Gasteiger charge is 1.98. The number of aromatic nitrogens is 1. The van der Waals surface area contributed by atoms with E-state index >= 15 is 0 Å². The van der Waals surface area contributed by atoms with Crippen molar-refractivity contribution in [2.45, 2.75) is 6.92 Å². The maximum Gasteiger partial charge on any atom is 0.205 e. The fraction of sp³-hybridized carbons (Fsp3) is 0.0588. The minimum atomic E-state index is 0.505. The number of rotatable bonds is 4. The Morgan fingerprint density at radius 3 is 2.27 bits per heavy atom. The molecule has 0 amide bonds. The highest BCUT2D eigenvalue weighted by atomic mass is 32.1. The van der Waals surface area contributed by atoms with Gasteiger partial charge >= 0.3 is 0 Å². The molecule has 3 rings (SSSR count). The van der Waals surface area contributed by atoms with Gasteiger partial charge < -0.3 is 5.73 Å². The Bertz CT molecular complexity index is 773. The van der Waals surface area contributed by atoms with Gasteiger partial charge in [-0.3, -0.25) is 5.43 Å². The molecular formula is C17H16N4S. The smallest absolute Gasteiger partial charge is 0.205 e. The summed E-state index contributed by atoms with van der Waals surface area (Å²) in [6.45, 7) is 2.09. The Balaban J connectivity index is 1.67. The first-order valence-corrected chi connectivity index (χ1v) is 7.76. The lowest BCUT2D eigenvalue weighted by Gasteiger charge is -2.02. The number of hydrogen-bond acceptors (Lipinski definition) is 5. The van der Waals surface area contributed by atoms with Crippen LogP contribution in [0.5, 0.6) is 0 Å². The molecule has 1 heterocycles. The molecule has 0 fully saturated rings. The fourth-order valence-corrected chi connectivity index (χ4v) is 2.56. The normalized spacial score (nSPS) is 11.0. The number of nitrogens with two attached hydrogens (primary N) is 1. The maximum absolute atomic E-state index is 5.55. The standard InChI is InChI=1S/C17H16N4S/c1-12-2-6-14(7-3-12)15-8-4-13(5-9-15)10-19-21-17-20-16(18)11-22-17/h2-11H,18H2,1H3,(H,20,21). The van der Waals surface area contributed by atoms with Gasteiger partial charge in [-0.25, -0.2) is 4.98 Å². The van der Waals surface area contributed by atoms with E-state index < -0.39 is 0 Å². The Morgan fingerprint density at radius 2 is 1.68 bits per heavy atom. The first kappa shape index (κ1) is 14.3. The number of aryl methyl sites for hydroxylation is 1. The van der Waals surface area contributed by atoms with Gasteiger partial charge in [0.05, 0.1) is 6.21 Å². The Kier molecular flexibility index (Phi) is 4.16. The van der Waals surface area contributed by atoms with Gasteiger partial charge in [0.2, 0.25) is 5.13 Å². The molecule has 0 bridgehead atoms. The Hall–Kier alpha value is -2.66. The average molecular weight is 308 g/mol. The van der Waals surface area contributed by atoms with Crippen LogP contribution in [0.2, 0.25) is 0 Å². The van der Waals surface area contributed by atoms with Crippen molar-refractivity contribution in [2.75, 3.05) is 11.2 Å². The molecule has 0 spiro atoms. The summed E-state index contributed by atoms with van der Waals surface area (Å²) < 4.78 is 0. The molecule has 0 atom stereocenters. The van der Waals surface area contributed by atoms with Crippen molar-refractivity contribution in [1.29, 1.82) is 0 Å². The topological polar surface area (TPSA) is 63.3 Å². The van der Waals surface area contributed by atoms with Crippen LogP contribution >= 0.6 is 11.3 Å². The monoisotopic (exact) mass is 308 g/mol. The molecule has 0 unspecified atom stereocenters. The highest BCUT2D eigenvalue weighted by molar-refractivity contribution is 7.14. The predicted molar refractivity (Wildman–Crippen MR) is 94.4 cm³/mol. The van der Waals surface area contributed by atoms with Crippen LogP contribution in [0.4, 0.5) is 10.9 Å². The van der Waals surface area contributed by atoms with E-state index in [1.807, 2.05) is 12.1 Å². The molecule has 22 heavy (non-hydrogen) atoms. The summed E-state index contributed by atoms with van der Waals surface area (Å²) in [6.07, 6.45) is 1.76. The summed E-state index contributed by atoms with van der Waals surface area (Å²) >= 11 is 1.42. The van der Waals surface area contributed by atoms with Gasteiger partial charge in [-0.1, -0.05) is 54.1 Å². The molecule has 1 aromatic heterocycles. The van der Waals surface area contributed by atoms with Crippen molar-refractivity contribution < 1.29 is 0 Å². The van der Waals surface area contributed by atoms with Crippen molar-refractivity contribution >= 4 is 28.5 Å². The molecule has 3 N–H and O–H groups in total. The lowest BCUT2D eigenvalue weighted by molar-refractivity contribution is 1.29. The minimum Gasteiger partial charge on any atom is -0.383 e. The van der Waals surface area contributed by atoms with Gasteiger partial charge in [0, 0.05) is 5.38 Å². The zero-order chi connectivity index (χ0) is 15.4. The third kappa shape index (κ3) is 3.51. The lowest BCUT2D eigenvalue weighted by atomic mass is 10.0. The molecule has 0 saturated carbocycles. The van der Waals surface area contributed by atoms with E-state index in [9.17, 15) is 0 Å². The highest BCUT2D eigenvalue weighted by Crippen LogP contribution is 2.20. The Morgan fingerprint density at radius 1 is 1.05 bits per heavy atom. The largest absolute Gasteiger partial charge is 0.383 e. The van der Waals surface area contributed by atoms with E-state index in [1.165, 1.54) is 28.0 Å². The number of nitrogen functional groups attached to an aromatic ring is 1. The van der Waals surface area contributed by atoms with Crippen molar-refractivity contribution in [3.63, 3.8) is 0 Å². The third-order valence-corrected chi connectivity index (χ3v) is 3.96. The van der Waals surface area contributed by atoms with Crippen molar-refractivity contribution in [2.24, 2.45) is 5.10 Å². The van der Waals surface area contributed by atoms with Crippen LogP contribution in [0, 0.1) is 6.92 Å². The molecule has 0 aliphatic rings. The SMILES string of the molecule is Cc1ccc(-c2ccc(C=NNc3nc(N)cs3)cc2)cc1. The zero-order valence-electron chi connectivity index (χ0n) is 12.2. The number of hydrogen-bond donors (Lipinski definition) is 2. The van der Waals surface area contributed by atoms with E-state index in [0.29, 0.717) is 10.9 Å². The molecule has 4 nitrogen and oxygen atoms in total. The number of nitrogens with one attached hydrogen (secondary N) is 1. The number of nitrogens with zero attached hydrogens (tertiary/aromatic N) is 2. The van der Waals surface area contributed by atoms with Crippen LogP contribution in [0.25, 0.3) is 11.1 Å². The van der Waals surface area contributed by atoms with Crippen molar-refractivity contribution in [1.82, 2.24) is 4.98 Å². The van der Waals surface area contributed by atoms with Gasteiger partial charge in [-0.2, -0.15) is 5.10 Å². The molecule has 110 valence electrons. The minimum absolute atomic E-state index is 0.505. The van der Waals surface area contributed by atoms with Gasteiger partial charge in [0.25, 0.3) is 0 Å². The third-order valence-electron chi connectivity index (χ3n) is 3.19. The molecule has 0 aliphatic carbocycles. The zero-order valence-corrected chi connectivity index (χ0v) is 13.0. The maximum atomic E-state index is 5.55. The summed E-state index contributed by atoms with van der Waals surface area (Å²) in [5.74, 6) is 0.505. The number of hydrazone groups is 1. The Labute approximate surface area is 133 Å². The first-order chi connectivity index (χ1) is 10.7. The summed E-state index contributed by atoms with van der Waals surface area (Å²) in [6, 6.07) is 16.8. The van der Waals surface area contributed by atoms with Crippen molar-refractivity contribution in [3.05, 3.63) is 65.0 Å². The number of anilines is 2. The molecule has 5 heteroatoms. The number of benzene rings is 2. The summed E-state index contributed by atoms with van der Waals surface area (Å²) in [5.41, 5.74) is 13.1. The molecule has 0 saturated heterocycles. The van der Waals surface area contributed by atoms with Gasteiger partial charge in [0.1, 0.15) is 5.82 Å². The van der Waals surface area contributed by atoms with Crippen LogP contribution in [0.15, 0.2) is 59.0 Å². The van der Waals surface area contributed by atoms with E-state index in [1.54, 1.807) is 11.6 Å². The summed E-state index contributed by atoms with van der Waals surface area (Å²) in [5, 5.41) is 6.61. The van der Waals surface area contributed by atoms with E-state index in [-0.39, 0.29) is 0 Å². The first-order valence-electron chi connectivity index (χ1n) is 6.88. The van der Waals surface area contributed by atoms with Crippen LogP contribution in [0.3, 0.4) is 0 Å². The molecular weight excluding hydrogens is 292 g/mol. The average Bonchev–Trinajstić information content (AvgIpc) is 2.94. The lowest BCUT2D eigenvalue weighted by Crippen LogP contribution is -1.91. The molecule has 3 aromatic rings. The van der Waals surface area contributed by atoms with E-state index in [0.717, 1.165) is 5.56 Å². The summed E-state index contributed by atoms with van der Waals surface area (Å²) in [7, 11) is 0. The van der Waals surface area contributed by atoms with Gasteiger partial charge in [-0.15, -0.1) is 11.3 Å². The molecule has 0 aliphatic heterocycles. The van der Waals surface area contributed by atoms with Gasteiger partial charge in [0.15, 0.2) is 0 Å². The van der Waals surface area contributed by atoms with Crippen LogP contribution in [-0.2, 0) is 0 Å². The molecule has 2 aromatic carbocycles. The summed E-state index contributed by atoms with van der Waals surface area (Å²) in [4.78, 5) is 4.07. The predicted octanol–water partition coefficient (Wildman–Crippen LogP) is 4.15. The van der Waals surface area contributed by atoms with E-state index in [2.05, 4.69) is 58.8 Å². The van der Waals surface area contributed by atoms with Gasteiger partial charge in [-0.05, 0) is 23.6 Å². The number of thiazole rings is 1. The van der Waals surface area contributed by atoms with Crippen LogP contribution in [-0.4, -0.2) is 11.2 Å². The second-order valence-electron chi connectivity index (χ2n) is 4.94. The van der Waals surface area contributed by atoms with Crippen LogP contribution < -0.4 is 11.2 Å².